The Bertz CT molecular complexity index is 1220. The summed E-state index contributed by atoms with van der Waals surface area (Å²) in [4.78, 5) is 41.6. The number of nitrogens with zero attached hydrogens (tertiary/aromatic N) is 2. The van der Waals surface area contributed by atoms with E-state index in [4.69, 9.17) is 4.74 Å². The number of Topliss-reactive ketones (excluding diaryl/α,β-unsaturated/α-hetero) is 1. The topological polar surface area (TPSA) is 66.9 Å². The number of anilines is 2. The fourth-order valence-electron chi connectivity index (χ4n) is 4.65. The first-order valence-electron chi connectivity index (χ1n) is 11.3. The molecule has 0 fully saturated rings. The van der Waals surface area contributed by atoms with Gasteiger partial charge in [0.05, 0.1) is 13.2 Å². The molecule has 2 amide bonds. The van der Waals surface area contributed by atoms with Gasteiger partial charge in [-0.05, 0) is 80.4 Å². The van der Waals surface area contributed by atoms with Crippen LogP contribution in [-0.4, -0.2) is 30.7 Å². The van der Waals surface area contributed by atoms with Gasteiger partial charge < -0.3 is 14.5 Å². The average Bonchev–Trinajstić information content (AvgIpc) is 2.84. The van der Waals surface area contributed by atoms with E-state index in [9.17, 15) is 14.4 Å². The van der Waals surface area contributed by atoms with Crippen LogP contribution in [0.2, 0.25) is 0 Å². The number of benzene rings is 3. The SMILES string of the molecule is COc1ccc(C(=O)N2c3ccccc3[C@H](N(C(C)=O)c3ccc(C(C)=O)cc3)C[C@@H]2C)cc1. The van der Waals surface area contributed by atoms with Gasteiger partial charge in [0.15, 0.2) is 5.78 Å². The lowest BCUT2D eigenvalue weighted by Crippen LogP contribution is -2.47. The molecular formula is C28H28N2O4. The molecule has 0 saturated carbocycles. The first kappa shape index (κ1) is 23.2. The van der Waals surface area contributed by atoms with Crippen molar-refractivity contribution in [3.63, 3.8) is 0 Å². The first-order valence-corrected chi connectivity index (χ1v) is 11.3. The molecule has 0 N–H and O–H groups in total. The van der Waals surface area contributed by atoms with Crippen LogP contribution in [0, 0.1) is 0 Å². The van der Waals surface area contributed by atoms with Gasteiger partial charge in [-0.25, -0.2) is 0 Å². The number of rotatable bonds is 5. The maximum atomic E-state index is 13.5. The zero-order chi connectivity index (χ0) is 24.4. The monoisotopic (exact) mass is 456 g/mol. The van der Waals surface area contributed by atoms with Crippen LogP contribution in [0.25, 0.3) is 0 Å². The lowest BCUT2D eigenvalue weighted by molar-refractivity contribution is -0.117. The van der Waals surface area contributed by atoms with Gasteiger partial charge in [-0.15, -0.1) is 0 Å². The summed E-state index contributed by atoms with van der Waals surface area (Å²) in [6, 6.07) is 21.5. The quantitative estimate of drug-likeness (QED) is 0.480. The molecule has 4 rings (SSSR count). The van der Waals surface area contributed by atoms with E-state index in [0.717, 1.165) is 16.9 Å². The third-order valence-electron chi connectivity index (χ3n) is 6.32. The summed E-state index contributed by atoms with van der Waals surface area (Å²) in [5.41, 5.74) is 3.59. The number of fused-ring (bicyclic) bond motifs is 1. The number of ketones is 1. The van der Waals surface area contributed by atoms with Gasteiger partial charge >= 0.3 is 0 Å². The number of methoxy groups -OCH3 is 1. The molecule has 0 bridgehead atoms. The molecule has 0 aliphatic carbocycles. The number of hydrogen-bond acceptors (Lipinski definition) is 4. The molecule has 0 spiro atoms. The van der Waals surface area contributed by atoms with E-state index in [1.54, 1.807) is 67.5 Å². The third kappa shape index (κ3) is 4.31. The Morgan fingerprint density at radius 2 is 1.50 bits per heavy atom. The van der Waals surface area contributed by atoms with Gasteiger partial charge in [0.2, 0.25) is 5.91 Å². The van der Waals surface area contributed by atoms with Crippen LogP contribution in [0.3, 0.4) is 0 Å². The Morgan fingerprint density at radius 1 is 0.882 bits per heavy atom. The van der Waals surface area contributed by atoms with Crippen molar-refractivity contribution < 1.29 is 19.1 Å². The fourth-order valence-corrected chi connectivity index (χ4v) is 4.65. The van der Waals surface area contributed by atoms with Gasteiger partial charge in [-0.3, -0.25) is 14.4 Å². The minimum atomic E-state index is -0.244. The second kappa shape index (κ2) is 9.51. The van der Waals surface area contributed by atoms with Crippen LogP contribution in [0.1, 0.15) is 59.5 Å². The molecule has 174 valence electrons. The molecule has 0 radical (unpaired) electrons. The van der Waals surface area contributed by atoms with Crippen LogP contribution in [0.5, 0.6) is 5.75 Å². The highest BCUT2D eigenvalue weighted by Gasteiger charge is 2.38. The lowest BCUT2D eigenvalue weighted by atomic mass is 9.89. The summed E-state index contributed by atoms with van der Waals surface area (Å²) < 4.78 is 5.22. The Kier molecular flexibility index (Phi) is 6.50. The molecule has 0 unspecified atom stereocenters. The van der Waals surface area contributed by atoms with Crippen LogP contribution >= 0.6 is 0 Å². The smallest absolute Gasteiger partial charge is 0.258 e. The van der Waals surface area contributed by atoms with Gasteiger partial charge in [0.25, 0.3) is 5.91 Å². The minimum absolute atomic E-state index is 0.0229. The first-order chi connectivity index (χ1) is 16.3. The fraction of sp³-hybridized carbons (Fsp3) is 0.250. The molecular weight excluding hydrogens is 428 g/mol. The number of hydrogen-bond donors (Lipinski definition) is 0. The van der Waals surface area contributed by atoms with Crippen molar-refractivity contribution in [2.75, 3.05) is 16.9 Å². The van der Waals surface area contributed by atoms with Crippen LogP contribution in [0.4, 0.5) is 11.4 Å². The number of amides is 2. The molecule has 2 atom stereocenters. The van der Waals surface area contributed by atoms with E-state index in [1.807, 2.05) is 36.1 Å². The highest BCUT2D eigenvalue weighted by Crippen LogP contribution is 2.42. The molecule has 1 aliphatic heterocycles. The van der Waals surface area contributed by atoms with E-state index >= 15 is 0 Å². The average molecular weight is 457 g/mol. The number of carbonyl (C=O) groups excluding carboxylic acids is 3. The summed E-state index contributed by atoms with van der Waals surface area (Å²) >= 11 is 0. The summed E-state index contributed by atoms with van der Waals surface area (Å²) in [7, 11) is 1.59. The Hall–Kier alpha value is -3.93. The van der Waals surface area contributed by atoms with E-state index in [0.29, 0.717) is 23.3 Å². The zero-order valence-corrected chi connectivity index (χ0v) is 19.8. The van der Waals surface area contributed by atoms with Crippen LogP contribution < -0.4 is 14.5 Å². The maximum Gasteiger partial charge on any atom is 0.258 e. The second-order valence-electron chi connectivity index (χ2n) is 8.56. The van der Waals surface area contributed by atoms with Gasteiger partial charge in [0, 0.05) is 35.5 Å². The summed E-state index contributed by atoms with van der Waals surface area (Å²) in [6.45, 7) is 5.06. The number of ether oxygens (including phenoxy) is 1. The molecule has 0 aromatic heterocycles. The number of para-hydroxylation sites is 1. The van der Waals surface area contributed by atoms with Crippen molar-refractivity contribution in [1.29, 1.82) is 0 Å². The van der Waals surface area contributed by atoms with E-state index in [1.165, 1.54) is 6.92 Å². The number of carbonyl (C=O) groups is 3. The van der Waals surface area contributed by atoms with E-state index in [-0.39, 0.29) is 29.7 Å². The Labute approximate surface area is 199 Å². The zero-order valence-electron chi connectivity index (χ0n) is 19.8. The van der Waals surface area contributed by atoms with Crippen molar-refractivity contribution in [1.82, 2.24) is 0 Å². The van der Waals surface area contributed by atoms with Gasteiger partial charge in [-0.1, -0.05) is 18.2 Å². The highest BCUT2D eigenvalue weighted by atomic mass is 16.5. The second-order valence-corrected chi connectivity index (χ2v) is 8.56. The van der Waals surface area contributed by atoms with Gasteiger partial charge in [-0.2, -0.15) is 0 Å². The lowest BCUT2D eigenvalue weighted by Gasteiger charge is -2.43. The molecule has 1 aliphatic rings. The summed E-state index contributed by atoms with van der Waals surface area (Å²) in [5.74, 6) is 0.473. The predicted octanol–water partition coefficient (Wildman–Crippen LogP) is 5.43. The van der Waals surface area contributed by atoms with E-state index < -0.39 is 0 Å². The molecule has 3 aromatic carbocycles. The van der Waals surface area contributed by atoms with Crippen molar-refractivity contribution in [2.45, 2.75) is 39.3 Å². The van der Waals surface area contributed by atoms with E-state index in [2.05, 4.69) is 0 Å². The van der Waals surface area contributed by atoms with Crippen LogP contribution in [-0.2, 0) is 4.79 Å². The standard InChI is InChI=1S/C28H28N2O4/c1-18-17-27(30(20(3)32)23-13-9-21(10-14-23)19(2)31)25-7-5-6-8-26(25)29(18)28(33)22-11-15-24(34-4)16-12-22/h5-16,18,27H,17H2,1-4H3/t18-,27+/m0/s1. The molecule has 0 saturated heterocycles. The predicted molar refractivity (Wildman–Crippen MR) is 133 cm³/mol. The van der Waals surface area contributed by atoms with Crippen molar-refractivity contribution in [3.05, 3.63) is 89.5 Å². The Morgan fingerprint density at radius 3 is 2.09 bits per heavy atom. The highest BCUT2D eigenvalue weighted by molar-refractivity contribution is 6.07. The molecule has 3 aromatic rings. The summed E-state index contributed by atoms with van der Waals surface area (Å²) in [6.07, 6.45) is 0.576. The molecule has 6 nitrogen and oxygen atoms in total. The normalized spacial score (nSPS) is 17.0. The van der Waals surface area contributed by atoms with Crippen molar-refractivity contribution >= 4 is 29.0 Å². The Balaban J connectivity index is 1.73. The van der Waals surface area contributed by atoms with Gasteiger partial charge in [0.1, 0.15) is 5.75 Å². The summed E-state index contributed by atoms with van der Waals surface area (Å²) in [5, 5.41) is 0. The van der Waals surface area contributed by atoms with Crippen molar-refractivity contribution in [3.8, 4) is 5.75 Å². The minimum Gasteiger partial charge on any atom is -0.497 e. The molecule has 1 heterocycles. The van der Waals surface area contributed by atoms with Crippen LogP contribution in [0.15, 0.2) is 72.8 Å². The molecule has 34 heavy (non-hydrogen) atoms. The molecule has 6 heteroatoms. The largest absolute Gasteiger partial charge is 0.497 e. The third-order valence-corrected chi connectivity index (χ3v) is 6.32. The maximum absolute atomic E-state index is 13.5. The van der Waals surface area contributed by atoms with Crippen molar-refractivity contribution in [2.24, 2.45) is 0 Å².